The average Bonchev–Trinajstić information content (AvgIpc) is 2.48. The number of hydrogen-bond acceptors (Lipinski definition) is 2. The lowest BCUT2D eigenvalue weighted by Crippen LogP contribution is -2.51. The molecule has 3 heteroatoms. The van der Waals surface area contributed by atoms with E-state index in [1.807, 2.05) is 0 Å². The van der Waals surface area contributed by atoms with E-state index < -0.39 is 0 Å². The number of likely N-dealkylation sites (tertiary alicyclic amines) is 1. The quantitative estimate of drug-likeness (QED) is 0.866. The zero-order chi connectivity index (χ0) is 14.9. The van der Waals surface area contributed by atoms with Crippen molar-refractivity contribution in [3.8, 4) is 0 Å². The average molecular weight is 351 g/mol. The van der Waals surface area contributed by atoms with E-state index in [2.05, 4.69) is 64.3 Å². The minimum absolute atomic E-state index is 0.511. The van der Waals surface area contributed by atoms with E-state index in [4.69, 9.17) is 0 Å². The molecule has 1 N–H and O–H groups in total. The lowest BCUT2D eigenvalue weighted by atomic mass is 9.62. The summed E-state index contributed by atoms with van der Waals surface area (Å²) in [5.74, 6) is 0.665. The van der Waals surface area contributed by atoms with Crippen LogP contribution in [0.2, 0.25) is 0 Å². The van der Waals surface area contributed by atoms with Gasteiger partial charge in [-0.3, -0.25) is 0 Å². The summed E-state index contributed by atoms with van der Waals surface area (Å²) in [7, 11) is 0. The van der Waals surface area contributed by atoms with E-state index in [1.54, 1.807) is 0 Å². The molecule has 2 saturated heterocycles. The van der Waals surface area contributed by atoms with E-state index in [0.717, 1.165) is 6.54 Å². The Hall–Kier alpha value is -0.380. The largest absolute Gasteiger partial charge is 0.316 e. The Kier molecular flexibility index (Phi) is 4.72. The number of piperidine rings is 2. The summed E-state index contributed by atoms with van der Waals surface area (Å²) in [4.78, 5) is 2.64. The highest BCUT2D eigenvalue weighted by molar-refractivity contribution is 9.10. The van der Waals surface area contributed by atoms with E-state index >= 15 is 0 Å². The van der Waals surface area contributed by atoms with Gasteiger partial charge in [0.15, 0.2) is 0 Å². The van der Waals surface area contributed by atoms with Gasteiger partial charge in [-0.1, -0.05) is 28.1 Å². The van der Waals surface area contributed by atoms with Crippen molar-refractivity contribution in [1.29, 1.82) is 0 Å². The number of halogens is 1. The lowest BCUT2D eigenvalue weighted by Gasteiger charge is -2.50. The summed E-state index contributed by atoms with van der Waals surface area (Å²) in [5, 5.41) is 3.63. The molecule has 0 bridgehead atoms. The summed E-state index contributed by atoms with van der Waals surface area (Å²) in [5.41, 5.74) is 2.02. The molecule has 2 fully saturated rings. The fraction of sp³-hybridized carbons (Fsp3) is 0.667. The topological polar surface area (TPSA) is 15.3 Å². The lowest BCUT2D eigenvalue weighted by molar-refractivity contribution is 0.0406. The monoisotopic (exact) mass is 350 g/mol. The molecule has 1 unspecified atom stereocenters. The Bertz CT molecular complexity index is 478. The van der Waals surface area contributed by atoms with Gasteiger partial charge >= 0.3 is 0 Å². The fourth-order valence-electron chi connectivity index (χ4n) is 4.25. The molecule has 116 valence electrons. The Morgan fingerprint density at radius 1 is 1.24 bits per heavy atom. The normalized spacial score (nSPS) is 26.4. The maximum absolute atomic E-state index is 3.64. The molecule has 0 amide bonds. The molecule has 1 aromatic rings. The second-order valence-electron chi connectivity index (χ2n) is 7.05. The third kappa shape index (κ3) is 3.20. The van der Waals surface area contributed by atoms with Crippen LogP contribution in [0.15, 0.2) is 28.7 Å². The minimum atomic E-state index is 0.511. The molecule has 2 aliphatic heterocycles. The molecule has 0 saturated carbocycles. The van der Waals surface area contributed by atoms with Gasteiger partial charge in [0.25, 0.3) is 0 Å². The first-order chi connectivity index (χ1) is 10.1. The first-order valence-corrected chi connectivity index (χ1v) is 9.10. The van der Waals surface area contributed by atoms with Gasteiger partial charge in [-0.25, -0.2) is 0 Å². The van der Waals surface area contributed by atoms with Crippen LogP contribution in [0.25, 0.3) is 0 Å². The maximum Gasteiger partial charge on any atom is 0.0178 e. The third-order valence-electron chi connectivity index (χ3n) is 5.66. The molecule has 1 atom stereocenters. The van der Waals surface area contributed by atoms with Crippen molar-refractivity contribution in [2.75, 3.05) is 26.2 Å². The number of hydrogen-bond donors (Lipinski definition) is 1. The molecule has 2 aliphatic rings. The highest BCUT2D eigenvalue weighted by Gasteiger charge is 2.43. The molecule has 2 heterocycles. The maximum atomic E-state index is 3.64. The summed E-state index contributed by atoms with van der Waals surface area (Å²) >= 11 is 3.64. The van der Waals surface area contributed by atoms with Gasteiger partial charge in [0.2, 0.25) is 0 Å². The Morgan fingerprint density at radius 3 is 2.67 bits per heavy atom. The van der Waals surface area contributed by atoms with Crippen molar-refractivity contribution in [1.82, 2.24) is 10.2 Å². The molecule has 1 aromatic carbocycles. The van der Waals surface area contributed by atoms with Gasteiger partial charge in [-0.2, -0.15) is 0 Å². The number of nitrogens with one attached hydrogen (secondary N) is 1. The molecule has 0 radical (unpaired) electrons. The summed E-state index contributed by atoms with van der Waals surface area (Å²) in [6.45, 7) is 9.51. The molecule has 2 nitrogen and oxygen atoms in total. The van der Waals surface area contributed by atoms with Gasteiger partial charge in [0.1, 0.15) is 0 Å². The number of rotatable bonds is 2. The van der Waals surface area contributed by atoms with E-state index in [1.165, 1.54) is 48.9 Å². The van der Waals surface area contributed by atoms with Crippen LogP contribution in [-0.2, 0) is 0 Å². The van der Waals surface area contributed by atoms with Crippen LogP contribution in [0.4, 0.5) is 0 Å². The number of nitrogens with zero attached hydrogens (tertiary/aromatic N) is 1. The predicted molar refractivity (Wildman–Crippen MR) is 92.7 cm³/mol. The molecule has 3 rings (SSSR count). The van der Waals surface area contributed by atoms with Crippen LogP contribution in [0.3, 0.4) is 0 Å². The highest BCUT2D eigenvalue weighted by atomic mass is 79.9. The second-order valence-corrected chi connectivity index (χ2v) is 7.97. The van der Waals surface area contributed by atoms with E-state index in [9.17, 15) is 0 Å². The summed E-state index contributed by atoms with van der Waals surface area (Å²) in [6.07, 6.45) is 4.03. The van der Waals surface area contributed by atoms with Gasteiger partial charge in [-0.05, 0) is 75.9 Å². The van der Waals surface area contributed by atoms with Gasteiger partial charge < -0.3 is 10.2 Å². The predicted octanol–water partition coefficient (Wildman–Crippen LogP) is 4.02. The molecule has 1 spiro atoms. The van der Waals surface area contributed by atoms with Crippen LogP contribution in [0.1, 0.15) is 44.6 Å². The first kappa shape index (κ1) is 15.5. The summed E-state index contributed by atoms with van der Waals surface area (Å²) < 4.78 is 1.21. The van der Waals surface area contributed by atoms with Crippen LogP contribution in [0.5, 0.6) is 0 Å². The zero-order valence-electron chi connectivity index (χ0n) is 13.2. The Morgan fingerprint density at radius 2 is 2.00 bits per heavy atom. The fourth-order valence-corrected chi connectivity index (χ4v) is 4.67. The first-order valence-electron chi connectivity index (χ1n) is 8.31. The van der Waals surface area contributed by atoms with Crippen LogP contribution >= 0.6 is 15.9 Å². The van der Waals surface area contributed by atoms with E-state index in [-0.39, 0.29) is 0 Å². The van der Waals surface area contributed by atoms with Crippen molar-refractivity contribution < 1.29 is 0 Å². The van der Waals surface area contributed by atoms with E-state index in [0.29, 0.717) is 17.4 Å². The van der Waals surface area contributed by atoms with Crippen LogP contribution < -0.4 is 5.32 Å². The standard InChI is InChI=1S/C18H27BrN2/c1-14(2)21-10-7-18(8-11-21)6-9-20-13-17(18)15-4-3-5-16(19)12-15/h3-5,12,14,17,20H,6-11,13H2,1-2H3. The smallest absolute Gasteiger partial charge is 0.0178 e. The van der Waals surface area contributed by atoms with Crippen molar-refractivity contribution >= 4 is 15.9 Å². The second kappa shape index (κ2) is 6.39. The van der Waals surface area contributed by atoms with Crippen molar-refractivity contribution in [2.45, 2.75) is 45.1 Å². The minimum Gasteiger partial charge on any atom is -0.316 e. The molecule has 0 aliphatic carbocycles. The van der Waals surface area contributed by atoms with Crippen LogP contribution in [0, 0.1) is 5.41 Å². The Labute approximate surface area is 137 Å². The molecular formula is C18H27BrN2. The third-order valence-corrected chi connectivity index (χ3v) is 6.16. The van der Waals surface area contributed by atoms with Crippen molar-refractivity contribution in [3.63, 3.8) is 0 Å². The highest BCUT2D eigenvalue weighted by Crippen LogP contribution is 2.48. The molecule has 0 aromatic heterocycles. The molecule has 21 heavy (non-hydrogen) atoms. The summed E-state index contributed by atoms with van der Waals surface area (Å²) in [6, 6.07) is 9.65. The Balaban J connectivity index is 1.82. The van der Waals surface area contributed by atoms with Crippen molar-refractivity contribution in [2.24, 2.45) is 5.41 Å². The van der Waals surface area contributed by atoms with Gasteiger partial charge in [0.05, 0.1) is 0 Å². The zero-order valence-corrected chi connectivity index (χ0v) is 14.8. The van der Waals surface area contributed by atoms with Crippen molar-refractivity contribution in [3.05, 3.63) is 34.3 Å². The number of benzene rings is 1. The molecular weight excluding hydrogens is 324 g/mol. The van der Waals surface area contributed by atoms with Gasteiger partial charge in [-0.15, -0.1) is 0 Å². The van der Waals surface area contributed by atoms with Crippen LogP contribution in [-0.4, -0.2) is 37.1 Å². The van der Waals surface area contributed by atoms with Gasteiger partial charge in [0, 0.05) is 23.0 Å². The SMILES string of the molecule is CC(C)N1CCC2(CCNCC2c2cccc(Br)c2)CC1.